The molecule has 0 fully saturated rings. The van der Waals surface area contributed by atoms with Crippen molar-refractivity contribution in [1.29, 1.82) is 0 Å². The zero-order valence-corrected chi connectivity index (χ0v) is 19.0. The van der Waals surface area contributed by atoms with Crippen molar-refractivity contribution >= 4 is 39.9 Å². The van der Waals surface area contributed by atoms with E-state index in [4.69, 9.17) is 9.15 Å². The molecular weight excluding hydrogens is 424 g/mol. The van der Waals surface area contributed by atoms with Gasteiger partial charge in [-0.2, -0.15) is 0 Å². The molecule has 32 heavy (non-hydrogen) atoms. The van der Waals surface area contributed by atoms with E-state index in [-0.39, 0.29) is 31.3 Å². The lowest BCUT2D eigenvalue weighted by atomic mass is 10.0. The lowest BCUT2D eigenvalue weighted by Gasteiger charge is -2.04. The van der Waals surface area contributed by atoms with Crippen molar-refractivity contribution in [1.82, 2.24) is 4.98 Å². The summed E-state index contributed by atoms with van der Waals surface area (Å²) >= 11 is 1.37. The van der Waals surface area contributed by atoms with Gasteiger partial charge in [-0.3, -0.25) is 9.59 Å². The molecule has 7 heteroatoms. The molecular formula is C25H24N2O4S. The van der Waals surface area contributed by atoms with Gasteiger partial charge in [0.15, 0.2) is 0 Å². The van der Waals surface area contributed by atoms with E-state index < -0.39 is 0 Å². The zero-order chi connectivity index (χ0) is 22.7. The fourth-order valence-corrected chi connectivity index (χ4v) is 4.14. The van der Waals surface area contributed by atoms with Crippen LogP contribution in [0.4, 0.5) is 5.69 Å². The summed E-state index contributed by atoms with van der Waals surface area (Å²) in [6.07, 6.45) is 1.92. The van der Waals surface area contributed by atoms with Crippen LogP contribution < -0.4 is 5.32 Å². The molecule has 0 unspecified atom stereocenters. The molecule has 0 saturated carbocycles. The summed E-state index contributed by atoms with van der Waals surface area (Å²) in [4.78, 5) is 29.0. The van der Waals surface area contributed by atoms with Gasteiger partial charge in [-0.1, -0.05) is 29.8 Å². The van der Waals surface area contributed by atoms with Crippen LogP contribution in [0.5, 0.6) is 0 Å². The fraction of sp³-hybridized carbons (Fsp3) is 0.240. The molecule has 0 aliphatic carbocycles. The van der Waals surface area contributed by atoms with Crippen molar-refractivity contribution in [2.75, 3.05) is 5.32 Å². The lowest BCUT2D eigenvalue weighted by Crippen LogP contribution is -2.14. The van der Waals surface area contributed by atoms with Crippen LogP contribution in [0.15, 0.2) is 52.5 Å². The van der Waals surface area contributed by atoms with Gasteiger partial charge in [-0.05, 0) is 44.0 Å². The first-order valence-electron chi connectivity index (χ1n) is 10.3. The summed E-state index contributed by atoms with van der Waals surface area (Å²) in [5.74, 6) is -0.485. The number of hydrogen-bond donors (Lipinski definition) is 1. The topological polar surface area (TPSA) is 81.4 Å². The Morgan fingerprint density at radius 3 is 2.62 bits per heavy atom. The highest BCUT2D eigenvalue weighted by atomic mass is 32.1. The maximum absolute atomic E-state index is 12.3. The smallest absolute Gasteiger partial charge is 0.310 e. The van der Waals surface area contributed by atoms with Crippen LogP contribution in [0.2, 0.25) is 0 Å². The normalized spacial score (nSPS) is 11.0. The molecule has 2 aromatic carbocycles. The van der Waals surface area contributed by atoms with Crippen LogP contribution in [-0.2, 0) is 33.8 Å². The van der Waals surface area contributed by atoms with E-state index in [1.54, 1.807) is 11.6 Å². The Morgan fingerprint density at radius 2 is 1.84 bits per heavy atom. The molecule has 0 aliphatic heterocycles. The van der Waals surface area contributed by atoms with E-state index in [2.05, 4.69) is 10.3 Å². The predicted molar refractivity (Wildman–Crippen MR) is 125 cm³/mol. The third-order valence-electron chi connectivity index (χ3n) is 5.30. The van der Waals surface area contributed by atoms with Crippen LogP contribution in [0.3, 0.4) is 0 Å². The number of anilines is 1. The second-order valence-corrected chi connectivity index (χ2v) is 8.75. The first-order chi connectivity index (χ1) is 15.4. The van der Waals surface area contributed by atoms with Gasteiger partial charge >= 0.3 is 5.97 Å². The molecule has 0 bridgehead atoms. The number of aromatic nitrogens is 1. The van der Waals surface area contributed by atoms with E-state index in [1.165, 1.54) is 11.3 Å². The number of hydrogen-bond acceptors (Lipinski definition) is 6. The van der Waals surface area contributed by atoms with Gasteiger partial charge in [0.25, 0.3) is 0 Å². The van der Waals surface area contributed by atoms with Gasteiger partial charge < -0.3 is 14.5 Å². The number of nitrogens with one attached hydrogen (secondary N) is 1. The second kappa shape index (κ2) is 9.36. The van der Waals surface area contributed by atoms with Gasteiger partial charge in [0, 0.05) is 22.0 Å². The van der Waals surface area contributed by atoms with Crippen LogP contribution in [0, 0.1) is 20.8 Å². The second-order valence-electron chi connectivity index (χ2n) is 7.81. The highest BCUT2D eigenvalue weighted by Gasteiger charge is 2.15. The summed E-state index contributed by atoms with van der Waals surface area (Å²) in [6, 6.07) is 11.6. The number of carbonyl (C=O) groups is 2. The Balaban J connectivity index is 1.29. The number of amides is 1. The molecule has 1 N–H and O–H groups in total. The Morgan fingerprint density at radius 1 is 1.06 bits per heavy atom. The molecule has 2 heterocycles. The molecule has 2 aromatic heterocycles. The third-order valence-corrected chi connectivity index (χ3v) is 6.20. The maximum atomic E-state index is 12.3. The molecule has 4 rings (SSSR count). The Kier molecular flexibility index (Phi) is 6.37. The minimum atomic E-state index is -0.349. The highest BCUT2D eigenvalue weighted by Crippen LogP contribution is 2.27. The molecule has 0 atom stereocenters. The van der Waals surface area contributed by atoms with Gasteiger partial charge in [-0.25, -0.2) is 4.98 Å². The van der Waals surface area contributed by atoms with Crippen LogP contribution >= 0.6 is 11.3 Å². The Labute approximate surface area is 190 Å². The van der Waals surface area contributed by atoms with Crippen molar-refractivity contribution in [3.05, 3.63) is 81.0 Å². The molecule has 6 nitrogen and oxygen atoms in total. The van der Waals surface area contributed by atoms with Gasteiger partial charge in [-0.15, -0.1) is 11.3 Å². The summed E-state index contributed by atoms with van der Waals surface area (Å²) in [5, 5.41) is 6.27. The lowest BCUT2D eigenvalue weighted by molar-refractivity contribution is -0.144. The monoisotopic (exact) mass is 448 g/mol. The van der Waals surface area contributed by atoms with Crippen molar-refractivity contribution in [2.24, 2.45) is 0 Å². The molecule has 1 amide bonds. The minimum Gasteiger partial charge on any atom is -0.464 e. The van der Waals surface area contributed by atoms with Crippen LogP contribution in [0.1, 0.15) is 33.0 Å². The maximum Gasteiger partial charge on any atom is 0.310 e. The number of thiazole rings is 1. The average molecular weight is 449 g/mol. The molecule has 4 aromatic rings. The number of nitrogens with zero attached hydrogens (tertiary/aromatic N) is 1. The van der Waals surface area contributed by atoms with Gasteiger partial charge in [0.1, 0.15) is 17.2 Å². The van der Waals surface area contributed by atoms with Crippen LogP contribution in [0.25, 0.3) is 11.0 Å². The average Bonchev–Trinajstić information content (AvgIpc) is 3.38. The van der Waals surface area contributed by atoms with E-state index in [0.29, 0.717) is 10.7 Å². The number of furan rings is 1. The number of rotatable bonds is 7. The Bertz CT molecular complexity index is 1270. The number of ether oxygens (including phenoxy) is 1. The van der Waals surface area contributed by atoms with E-state index in [9.17, 15) is 9.59 Å². The summed E-state index contributed by atoms with van der Waals surface area (Å²) in [7, 11) is 0. The van der Waals surface area contributed by atoms with Crippen molar-refractivity contribution in [3.8, 4) is 0 Å². The summed E-state index contributed by atoms with van der Waals surface area (Å²) in [5.41, 5.74) is 6.35. The van der Waals surface area contributed by atoms with Crippen molar-refractivity contribution in [2.45, 2.75) is 40.2 Å². The van der Waals surface area contributed by atoms with E-state index in [1.807, 2.05) is 57.2 Å². The van der Waals surface area contributed by atoms with Gasteiger partial charge in [0.05, 0.1) is 24.8 Å². The summed E-state index contributed by atoms with van der Waals surface area (Å²) in [6.45, 7) is 6.10. The third kappa shape index (κ3) is 5.06. The zero-order valence-electron chi connectivity index (χ0n) is 18.2. The summed E-state index contributed by atoms with van der Waals surface area (Å²) < 4.78 is 11.0. The fourth-order valence-electron chi connectivity index (χ4n) is 3.36. The minimum absolute atomic E-state index is 0.0723. The molecule has 0 aliphatic rings. The van der Waals surface area contributed by atoms with Crippen molar-refractivity contribution < 1.29 is 18.7 Å². The number of carbonyl (C=O) groups excluding carboxylic acids is 2. The van der Waals surface area contributed by atoms with Crippen molar-refractivity contribution in [3.63, 3.8) is 0 Å². The largest absolute Gasteiger partial charge is 0.464 e. The standard InChI is InChI=1S/C25H24N2O4S/c1-15-4-7-19(8-5-15)26-22(28)11-23-27-20(14-32-23)13-30-24(29)10-18-12-31-25-17(3)16(2)6-9-21(18)25/h4-9,12,14H,10-11,13H2,1-3H3,(H,26,28). The number of benzene rings is 2. The quantitative estimate of drug-likeness (QED) is 0.389. The highest BCUT2D eigenvalue weighted by molar-refractivity contribution is 7.09. The predicted octanol–water partition coefficient (Wildman–Crippen LogP) is 5.28. The number of aryl methyl sites for hydroxylation is 3. The molecule has 0 spiro atoms. The number of esters is 1. The van der Waals surface area contributed by atoms with Crippen LogP contribution in [-0.4, -0.2) is 16.9 Å². The van der Waals surface area contributed by atoms with Gasteiger partial charge in [0.2, 0.25) is 5.91 Å². The van der Waals surface area contributed by atoms with E-state index >= 15 is 0 Å². The molecule has 0 saturated heterocycles. The first kappa shape index (κ1) is 21.8. The Hall–Kier alpha value is -3.45. The SMILES string of the molecule is Cc1ccc(NC(=O)Cc2nc(COC(=O)Cc3coc4c(C)c(C)ccc34)cs2)cc1. The molecule has 164 valence electrons. The number of fused-ring (bicyclic) bond motifs is 1. The first-order valence-corrected chi connectivity index (χ1v) is 11.2. The van der Waals surface area contributed by atoms with E-state index in [0.717, 1.165) is 38.9 Å². The molecule has 0 radical (unpaired) electrons.